The lowest BCUT2D eigenvalue weighted by Gasteiger charge is -2.11. The van der Waals surface area contributed by atoms with Gasteiger partial charge in [-0.05, 0) is 37.7 Å². The SMILES string of the molecule is Cc1ccccc1NC(=S)NCc1cn(C)nc1C. The number of nitrogens with zero attached hydrogens (tertiary/aromatic N) is 2. The second-order valence-electron chi connectivity index (χ2n) is 4.54. The van der Waals surface area contributed by atoms with Gasteiger partial charge in [0.05, 0.1) is 5.69 Å². The largest absolute Gasteiger partial charge is 0.358 e. The van der Waals surface area contributed by atoms with Gasteiger partial charge in [0.25, 0.3) is 0 Å². The monoisotopic (exact) mass is 274 g/mol. The van der Waals surface area contributed by atoms with Crippen LogP contribution in [0.2, 0.25) is 0 Å². The van der Waals surface area contributed by atoms with Crippen LogP contribution in [0.5, 0.6) is 0 Å². The van der Waals surface area contributed by atoms with E-state index in [9.17, 15) is 0 Å². The molecule has 0 atom stereocenters. The number of benzene rings is 1. The Labute approximate surface area is 118 Å². The highest BCUT2D eigenvalue weighted by molar-refractivity contribution is 7.80. The molecule has 0 bridgehead atoms. The first-order valence-corrected chi connectivity index (χ1v) is 6.56. The van der Waals surface area contributed by atoms with Gasteiger partial charge in [0.15, 0.2) is 5.11 Å². The summed E-state index contributed by atoms with van der Waals surface area (Å²) in [5, 5.41) is 11.3. The summed E-state index contributed by atoms with van der Waals surface area (Å²) in [5.74, 6) is 0. The van der Waals surface area contributed by atoms with Gasteiger partial charge in [-0.3, -0.25) is 4.68 Å². The normalized spacial score (nSPS) is 10.3. The Hall–Kier alpha value is -1.88. The molecule has 0 aliphatic rings. The molecule has 2 rings (SSSR count). The van der Waals surface area contributed by atoms with Gasteiger partial charge < -0.3 is 10.6 Å². The van der Waals surface area contributed by atoms with Crippen LogP contribution in [0.3, 0.4) is 0 Å². The third kappa shape index (κ3) is 3.54. The number of aromatic nitrogens is 2. The van der Waals surface area contributed by atoms with Crippen molar-refractivity contribution in [3.8, 4) is 0 Å². The summed E-state index contributed by atoms with van der Waals surface area (Å²) in [7, 11) is 1.92. The number of hydrogen-bond donors (Lipinski definition) is 2. The van der Waals surface area contributed by atoms with Crippen LogP contribution >= 0.6 is 12.2 Å². The van der Waals surface area contributed by atoms with Crippen LogP contribution in [0.25, 0.3) is 0 Å². The van der Waals surface area contributed by atoms with Crippen LogP contribution < -0.4 is 10.6 Å². The van der Waals surface area contributed by atoms with Crippen LogP contribution in [-0.4, -0.2) is 14.9 Å². The predicted octanol–water partition coefficient (Wildman–Crippen LogP) is 2.52. The second-order valence-corrected chi connectivity index (χ2v) is 4.94. The first kappa shape index (κ1) is 13.5. The van der Waals surface area contributed by atoms with E-state index in [-0.39, 0.29) is 0 Å². The number of thiocarbonyl (C=S) groups is 1. The van der Waals surface area contributed by atoms with Crippen molar-refractivity contribution in [3.63, 3.8) is 0 Å². The molecule has 0 unspecified atom stereocenters. The Morgan fingerprint density at radius 2 is 2.05 bits per heavy atom. The second kappa shape index (κ2) is 5.84. The summed E-state index contributed by atoms with van der Waals surface area (Å²) >= 11 is 5.30. The average molecular weight is 274 g/mol. The fourth-order valence-corrected chi connectivity index (χ4v) is 2.06. The minimum absolute atomic E-state index is 0.623. The molecule has 1 heterocycles. The smallest absolute Gasteiger partial charge is 0.171 e. The van der Waals surface area contributed by atoms with Gasteiger partial charge in [-0.2, -0.15) is 5.10 Å². The average Bonchev–Trinajstić information content (AvgIpc) is 2.68. The minimum Gasteiger partial charge on any atom is -0.358 e. The predicted molar refractivity (Wildman–Crippen MR) is 82.2 cm³/mol. The van der Waals surface area contributed by atoms with E-state index in [4.69, 9.17) is 12.2 Å². The highest BCUT2D eigenvalue weighted by Crippen LogP contribution is 2.13. The zero-order chi connectivity index (χ0) is 13.8. The molecule has 0 aliphatic heterocycles. The molecule has 0 aliphatic carbocycles. The fourth-order valence-electron chi connectivity index (χ4n) is 1.88. The molecule has 4 nitrogen and oxygen atoms in total. The summed E-state index contributed by atoms with van der Waals surface area (Å²) in [4.78, 5) is 0. The molecule has 0 saturated heterocycles. The summed E-state index contributed by atoms with van der Waals surface area (Å²) in [5.41, 5.74) is 4.37. The molecule has 0 fully saturated rings. The first-order valence-electron chi connectivity index (χ1n) is 6.16. The maximum atomic E-state index is 5.30. The molecule has 2 aromatic rings. The lowest BCUT2D eigenvalue weighted by Crippen LogP contribution is -2.28. The molecule has 0 amide bonds. The first-order chi connectivity index (χ1) is 9.06. The van der Waals surface area contributed by atoms with Gasteiger partial charge in [0, 0.05) is 31.0 Å². The quantitative estimate of drug-likeness (QED) is 0.844. The van der Waals surface area contributed by atoms with Crippen LogP contribution in [-0.2, 0) is 13.6 Å². The number of aryl methyl sites for hydroxylation is 3. The highest BCUT2D eigenvalue weighted by Gasteiger charge is 2.04. The van der Waals surface area contributed by atoms with Crippen LogP contribution in [0.4, 0.5) is 5.69 Å². The van der Waals surface area contributed by atoms with Crippen molar-refractivity contribution in [1.82, 2.24) is 15.1 Å². The van der Waals surface area contributed by atoms with Gasteiger partial charge in [-0.15, -0.1) is 0 Å². The standard InChI is InChI=1S/C14H18N4S/c1-10-6-4-5-7-13(10)16-14(19)15-8-12-9-18(3)17-11(12)2/h4-7,9H,8H2,1-3H3,(H2,15,16,19). The van der Waals surface area contributed by atoms with E-state index in [1.807, 2.05) is 43.0 Å². The van der Waals surface area contributed by atoms with E-state index < -0.39 is 0 Å². The van der Waals surface area contributed by atoms with Crippen LogP contribution in [0.15, 0.2) is 30.5 Å². The molecule has 1 aromatic carbocycles. The Balaban J connectivity index is 1.92. The van der Waals surface area contributed by atoms with E-state index in [1.54, 1.807) is 0 Å². The molecule has 0 spiro atoms. The molecule has 5 heteroatoms. The van der Waals surface area contributed by atoms with Crippen molar-refractivity contribution >= 4 is 23.0 Å². The maximum absolute atomic E-state index is 5.30. The Morgan fingerprint density at radius 3 is 2.68 bits per heavy atom. The Kier molecular flexibility index (Phi) is 4.16. The third-order valence-electron chi connectivity index (χ3n) is 2.95. The fraction of sp³-hybridized carbons (Fsp3) is 0.286. The summed E-state index contributed by atoms with van der Waals surface area (Å²) in [6.45, 7) is 4.72. The molecule has 0 saturated carbocycles. The molecule has 0 radical (unpaired) electrons. The molecular weight excluding hydrogens is 256 g/mol. The zero-order valence-electron chi connectivity index (χ0n) is 11.4. The Bertz CT molecular complexity index is 589. The number of anilines is 1. The van der Waals surface area contributed by atoms with Crippen LogP contribution in [0, 0.1) is 13.8 Å². The lowest BCUT2D eigenvalue weighted by molar-refractivity contribution is 0.756. The van der Waals surface area contributed by atoms with E-state index >= 15 is 0 Å². The summed E-state index contributed by atoms with van der Waals surface area (Å²) in [6.07, 6.45) is 2.00. The minimum atomic E-state index is 0.623. The maximum Gasteiger partial charge on any atom is 0.171 e. The molecule has 100 valence electrons. The Morgan fingerprint density at radius 1 is 1.32 bits per heavy atom. The van der Waals surface area contributed by atoms with Gasteiger partial charge in [0.2, 0.25) is 0 Å². The van der Waals surface area contributed by atoms with Gasteiger partial charge in [0.1, 0.15) is 0 Å². The van der Waals surface area contributed by atoms with Crippen molar-refractivity contribution in [3.05, 3.63) is 47.3 Å². The summed E-state index contributed by atoms with van der Waals surface area (Å²) < 4.78 is 1.81. The molecule has 2 N–H and O–H groups in total. The molecule has 19 heavy (non-hydrogen) atoms. The van der Waals surface area contributed by atoms with Crippen LogP contribution in [0.1, 0.15) is 16.8 Å². The molecule has 1 aromatic heterocycles. The van der Waals surface area contributed by atoms with Crippen molar-refractivity contribution in [2.24, 2.45) is 7.05 Å². The number of para-hydroxylation sites is 1. The van der Waals surface area contributed by atoms with Crippen molar-refractivity contribution in [2.75, 3.05) is 5.32 Å². The van der Waals surface area contributed by atoms with E-state index in [1.165, 1.54) is 5.56 Å². The lowest BCUT2D eigenvalue weighted by atomic mass is 10.2. The van der Waals surface area contributed by atoms with E-state index in [0.29, 0.717) is 11.7 Å². The zero-order valence-corrected chi connectivity index (χ0v) is 12.2. The van der Waals surface area contributed by atoms with Gasteiger partial charge in [-0.1, -0.05) is 18.2 Å². The highest BCUT2D eigenvalue weighted by atomic mass is 32.1. The number of rotatable bonds is 3. The topological polar surface area (TPSA) is 41.9 Å². The van der Waals surface area contributed by atoms with Crippen molar-refractivity contribution in [1.29, 1.82) is 0 Å². The van der Waals surface area contributed by atoms with E-state index in [2.05, 4.69) is 28.7 Å². The third-order valence-corrected chi connectivity index (χ3v) is 3.19. The number of nitrogens with one attached hydrogen (secondary N) is 2. The van der Waals surface area contributed by atoms with E-state index in [0.717, 1.165) is 16.9 Å². The van der Waals surface area contributed by atoms with Gasteiger partial charge >= 0.3 is 0 Å². The van der Waals surface area contributed by atoms with Crippen molar-refractivity contribution < 1.29 is 0 Å². The number of hydrogen-bond acceptors (Lipinski definition) is 2. The van der Waals surface area contributed by atoms with Crippen molar-refractivity contribution in [2.45, 2.75) is 20.4 Å². The molecular formula is C14H18N4S. The summed E-state index contributed by atoms with van der Waals surface area (Å²) in [6, 6.07) is 8.06. The van der Waals surface area contributed by atoms with Gasteiger partial charge in [-0.25, -0.2) is 0 Å².